The molecular weight excluding hydrogens is 637 g/mol. The van der Waals surface area contributed by atoms with Gasteiger partial charge in [-0.3, -0.25) is 0 Å². The summed E-state index contributed by atoms with van der Waals surface area (Å²) in [6.07, 6.45) is 50.3. The second-order valence-electron chi connectivity index (χ2n) is 18.0. The van der Waals surface area contributed by atoms with Crippen molar-refractivity contribution in [3.8, 4) is 0 Å². The Morgan fingerprint density at radius 3 is 1.17 bits per heavy atom. The highest BCUT2D eigenvalue weighted by atomic mass is 16.5. The summed E-state index contributed by atoms with van der Waals surface area (Å²) in [7, 11) is 11.6. The lowest BCUT2D eigenvalue weighted by Crippen LogP contribution is -2.49. The lowest BCUT2D eigenvalue weighted by atomic mass is 10.1. The Morgan fingerprint density at radius 2 is 0.769 bits per heavy atom. The number of allylic oxidation sites excluding steroid dienone is 4. The highest BCUT2D eigenvalue weighted by Gasteiger charge is 2.24. The van der Waals surface area contributed by atoms with Crippen LogP contribution in [0, 0.1) is 0 Å². The standard InChI is InChI=1S/C48H98N2O2/c1-8-10-12-14-16-18-20-22-24-26-27-29-31-33-35-37-39-44-51-47-48(46-50(6,7)43-41-42-49(3,4)5)52-45-40-38-36-34-32-30-28-25-23-21-19-17-15-13-11-9-2/h23-26,48H,8-22,27-47H2,1-7H3/q+2/b25-23+,26-24+. The van der Waals surface area contributed by atoms with Crippen molar-refractivity contribution < 1.29 is 18.4 Å². The Bertz CT molecular complexity index is 756. The fourth-order valence-corrected chi connectivity index (χ4v) is 7.21. The summed E-state index contributed by atoms with van der Waals surface area (Å²) >= 11 is 0. The largest absolute Gasteiger partial charge is 0.379 e. The summed E-state index contributed by atoms with van der Waals surface area (Å²) in [5.74, 6) is 0. The molecule has 0 aromatic rings. The molecule has 0 aliphatic heterocycles. The van der Waals surface area contributed by atoms with Gasteiger partial charge in [-0.25, -0.2) is 0 Å². The van der Waals surface area contributed by atoms with Crippen LogP contribution in [0.15, 0.2) is 24.3 Å². The fourth-order valence-electron chi connectivity index (χ4n) is 7.21. The third kappa shape index (κ3) is 42.1. The van der Waals surface area contributed by atoms with E-state index in [1.54, 1.807) is 0 Å². The minimum absolute atomic E-state index is 0.195. The highest BCUT2D eigenvalue weighted by Crippen LogP contribution is 2.14. The van der Waals surface area contributed by atoms with Gasteiger partial charge < -0.3 is 18.4 Å². The van der Waals surface area contributed by atoms with Gasteiger partial charge in [-0.2, -0.15) is 0 Å². The van der Waals surface area contributed by atoms with Gasteiger partial charge in [-0.15, -0.1) is 0 Å². The van der Waals surface area contributed by atoms with E-state index in [1.807, 2.05) is 0 Å². The molecule has 1 unspecified atom stereocenters. The first-order valence-corrected chi connectivity index (χ1v) is 23.3. The van der Waals surface area contributed by atoms with Crippen LogP contribution in [0.5, 0.6) is 0 Å². The molecule has 0 aromatic carbocycles. The monoisotopic (exact) mass is 735 g/mol. The molecule has 4 heteroatoms. The number of ether oxygens (including phenoxy) is 2. The second kappa shape index (κ2) is 38.6. The van der Waals surface area contributed by atoms with Gasteiger partial charge in [0.05, 0.1) is 54.9 Å². The van der Waals surface area contributed by atoms with Crippen LogP contribution < -0.4 is 0 Å². The Labute approximate surface area is 329 Å². The summed E-state index contributed by atoms with van der Waals surface area (Å²) < 4.78 is 14.8. The van der Waals surface area contributed by atoms with Gasteiger partial charge in [0.15, 0.2) is 0 Å². The zero-order chi connectivity index (χ0) is 38.3. The van der Waals surface area contributed by atoms with Crippen LogP contribution in [0.2, 0.25) is 0 Å². The maximum atomic E-state index is 6.52. The number of rotatable bonds is 42. The van der Waals surface area contributed by atoms with Crippen molar-refractivity contribution in [2.45, 2.75) is 213 Å². The molecule has 0 N–H and O–H groups in total. The van der Waals surface area contributed by atoms with E-state index >= 15 is 0 Å². The zero-order valence-electron chi connectivity index (χ0n) is 37.1. The van der Waals surface area contributed by atoms with Gasteiger partial charge in [-0.05, 0) is 64.2 Å². The Hall–Kier alpha value is -0.680. The van der Waals surface area contributed by atoms with Crippen molar-refractivity contribution in [3.63, 3.8) is 0 Å². The number of unbranched alkanes of at least 4 members (excludes halogenated alkanes) is 25. The number of nitrogens with zero attached hydrogens (tertiary/aromatic N) is 2. The van der Waals surface area contributed by atoms with Crippen molar-refractivity contribution in [1.29, 1.82) is 0 Å². The molecule has 1 atom stereocenters. The van der Waals surface area contributed by atoms with Crippen molar-refractivity contribution in [2.75, 3.05) is 74.7 Å². The number of likely N-dealkylation sites (N-methyl/N-ethyl adjacent to an activating group) is 1. The average molecular weight is 735 g/mol. The molecule has 0 aliphatic rings. The summed E-state index contributed by atoms with van der Waals surface area (Å²) in [6.45, 7) is 10.5. The van der Waals surface area contributed by atoms with Crippen molar-refractivity contribution >= 4 is 0 Å². The van der Waals surface area contributed by atoms with Gasteiger partial charge in [0.1, 0.15) is 12.6 Å². The lowest BCUT2D eigenvalue weighted by molar-refractivity contribution is -0.904. The average Bonchev–Trinajstić information content (AvgIpc) is 3.09. The molecule has 4 nitrogen and oxygen atoms in total. The molecule has 0 fully saturated rings. The summed E-state index contributed by atoms with van der Waals surface area (Å²) in [6, 6.07) is 0. The van der Waals surface area contributed by atoms with Crippen LogP contribution in [0.4, 0.5) is 0 Å². The van der Waals surface area contributed by atoms with E-state index in [4.69, 9.17) is 9.47 Å². The van der Waals surface area contributed by atoms with E-state index in [2.05, 4.69) is 73.4 Å². The molecule has 0 radical (unpaired) electrons. The molecule has 0 bridgehead atoms. The number of hydrogen-bond donors (Lipinski definition) is 0. The van der Waals surface area contributed by atoms with E-state index in [-0.39, 0.29) is 6.10 Å². The molecule has 0 saturated heterocycles. The molecule has 0 aliphatic carbocycles. The van der Waals surface area contributed by atoms with Crippen LogP contribution >= 0.6 is 0 Å². The fraction of sp³-hybridized carbons (Fsp3) is 0.917. The molecule has 0 heterocycles. The zero-order valence-corrected chi connectivity index (χ0v) is 37.1. The van der Waals surface area contributed by atoms with Gasteiger partial charge in [0.25, 0.3) is 0 Å². The smallest absolute Gasteiger partial charge is 0.130 e. The molecule has 310 valence electrons. The Kier molecular flexibility index (Phi) is 38.1. The van der Waals surface area contributed by atoms with E-state index in [9.17, 15) is 0 Å². The first kappa shape index (κ1) is 51.3. The molecule has 0 amide bonds. The summed E-state index contributed by atoms with van der Waals surface area (Å²) in [5, 5.41) is 0. The maximum absolute atomic E-state index is 6.52. The highest BCUT2D eigenvalue weighted by molar-refractivity contribution is 4.82. The van der Waals surface area contributed by atoms with Crippen molar-refractivity contribution in [3.05, 3.63) is 24.3 Å². The van der Waals surface area contributed by atoms with E-state index in [0.29, 0.717) is 0 Å². The lowest BCUT2D eigenvalue weighted by Gasteiger charge is -2.34. The SMILES string of the molecule is CCCCCCCC/C=C/CCCCCCCCOC(COCCCCCCCC/C=C/CCCCCCCCC)C[N+](C)(C)CCC[N+](C)(C)C. The minimum Gasteiger partial charge on any atom is -0.379 e. The molecule has 52 heavy (non-hydrogen) atoms. The summed E-state index contributed by atoms with van der Waals surface area (Å²) in [4.78, 5) is 0. The Morgan fingerprint density at radius 1 is 0.404 bits per heavy atom. The van der Waals surface area contributed by atoms with E-state index in [0.717, 1.165) is 35.3 Å². The van der Waals surface area contributed by atoms with Gasteiger partial charge in [-0.1, -0.05) is 160 Å². The molecule has 0 rings (SSSR count). The van der Waals surface area contributed by atoms with E-state index < -0.39 is 0 Å². The van der Waals surface area contributed by atoms with Crippen LogP contribution in [-0.2, 0) is 9.47 Å². The Balaban J connectivity index is 4.07. The maximum Gasteiger partial charge on any atom is 0.130 e. The molecule has 0 spiro atoms. The first-order valence-electron chi connectivity index (χ1n) is 23.3. The predicted molar refractivity (Wildman–Crippen MR) is 233 cm³/mol. The van der Waals surface area contributed by atoms with Gasteiger partial charge in [0, 0.05) is 19.6 Å². The predicted octanol–water partition coefficient (Wildman–Crippen LogP) is 14.0. The molecule has 0 saturated carbocycles. The van der Waals surface area contributed by atoms with Crippen molar-refractivity contribution in [1.82, 2.24) is 0 Å². The van der Waals surface area contributed by atoms with Gasteiger partial charge in [0.2, 0.25) is 0 Å². The van der Waals surface area contributed by atoms with Crippen LogP contribution in [0.1, 0.15) is 206 Å². The number of quaternary nitrogens is 2. The summed E-state index contributed by atoms with van der Waals surface area (Å²) in [5.41, 5.74) is 0. The van der Waals surface area contributed by atoms with Crippen LogP contribution in [0.3, 0.4) is 0 Å². The second-order valence-corrected chi connectivity index (χ2v) is 18.0. The van der Waals surface area contributed by atoms with Crippen LogP contribution in [-0.4, -0.2) is 89.8 Å². The quantitative estimate of drug-likeness (QED) is 0.0353. The third-order valence-corrected chi connectivity index (χ3v) is 10.7. The van der Waals surface area contributed by atoms with Crippen molar-refractivity contribution in [2.24, 2.45) is 0 Å². The molecule has 0 aromatic heterocycles. The number of hydrogen-bond acceptors (Lipinski definition) is 2. The first-order chi connectivity index (χ1) is 25.2. The van der Waals surface area contributed by atoms with Gasteiger partial charge >= 0.3 is 0 Å². The topological polar surface area (TPSA) is 18.5 Å². The third-order valence-electron chi connectivity index (χ3n) is 10.7. The molecular formula is C48H98N2O2+2. The normalized spacial score (nSPS) is 13.3. The minimum atomic E-state index is 0.195. The van der Waals surface area contributed by atoms with Crippen LogP contribution in [0.25, 0.3) is 0 Å². The van der Waals surface area contributed by atoms with E-state index in [1.165, 1.54) is 206 Å².